The van der Waals surface area contributed by atoms with Crippen molar-refractivity contribution in [2.24, 2.45) is 5.14 Å². The fourth-order valence-corrected chi connectivity index (χ4v) is 2.76. The van der Waals surface area contributed by atoms with Gasteiger partial charge >= 0.3 is 0 Å². The second-order valence-electron chi connectivity index (χ2n) is 4.31. The minimum atomic E-state index is -3.81. The molecule has 2 rings (SSSR count). The number of hydrogen-bond donors (Lipinski definition) is 3. The summed E-state index contributed by atoms with van der Waals surface area (Å²) in [6.07, 6.45) is 0. The summed E-state index contributed by atoms with van der Waals surface area (Å²) in [6, 6.07) is 9.73. The second-order valence-corrected chi connectivity index (χ2v) is 6.73. The van der Waals surface area contributed by atoms with Crippen molar-refractivity contribution in [3.63, 3.8) is 0 Å². The van der Waals surface area contributed by atoms with Gasteiger partial charge in [0.1, 0.15) is 5.75 Å². The van der Waals surface area contributed by atoms with Gasteiger partial charge in [-0.3, -0.25) is 0 Å². The second kappa shape index (κ2) is 5.92. The average molecular weight is 372 g/mol. The molecule has 0 aliphatic carbocycles. The lowest BCUT2D eigenvalue weighted by Gasteiger charge is -2.11. The molecule has 0 fully saturated rings. The van der Waals surface area contributed by atoms with Crippen LogP contribution in [0.4, 0.5) is 17.1 Å². The monoisotopic (exact) mass is 371 g/mol. The van der Waals surface area contributed by atoms with Gasteiger partial charge in [0.15, 0.2) is 0 Å². The van der Waals surface area contributed by atoms with Crippen molar-refractivity contribution in [1.82, 2.24) is 0 Å². The molecule has 21 heavy (non-hydrogen) atoms. The fourth-order valence-electron chi connectivity index (χ4n) is 1.76. The number of nitrogens with two attached hydrogens (primary N) is 2. The van der Waals surface area contributed by atoms with Gasteiger partial charge in [0.2, 0.25) is 10.0 Å². The van der Waals surface area contributed by atoms with Crippen LogP contribution in [0.25, 0.3) is 0 Å². The van der Waals surface area contributed by atoms with Gasteiger partial charge < -0.3 is 15.8 Å². The van der Waals surface area contributed by atoms with Gasteiger partial charge in [0, 0.05) is 23.1 Å². The van der Waals surface area contributed by atoms with E-state index < -0.39 is 10.0 Å². The van der Waals surface area contributed by atoms with Gasteiger partial charge in [-0.25, -0.2) is 13.6 Å². The lowest BCUT2D eigenvalue weighted by atomic mass is 10.2. The lowest BCUT2D eigenvalue weighted by Crippen LogP contribution is -2.12. The molecule has 0 amide bonds. The highest BCUT2D eigenvalue weighted by Crippen LogP contribution is 2.30. The number of primary sulfonamides is 1. The number of nitrogens with one attached hydrogen (secondary N) is 1. The van der Waals surface area contributed by atoms with E-state index in [1.807, 2.05) is 12.1 Å². The van der Waals surface area contributed by atoms with E-state index in [1.165, 1.54) is 12.1 Å². The molecule has 0 bridgehead atoms. The van der Waals surface area contributed by atoms with E-state index in [-0.39, 0.29) is 4.90 Å². The molecule has 0 unspecified atom stereocenters. The number of rotatable bonds is 4. The lowest BCUT2D eigenvalue weighted by molar-refractivity contribution is 0.412. The average Bonchev–Trinajstić information content (AvgIpc) is 2.39. The quantitative estimate of drug-likeness (QED) is 0.715. The number of anilines is 3. The Balaban J connectivity index is 2.38. The van der Waals surface area contributed by atoms with Crippen LogP contribution in [0.2, 0.25) is 0 Å². The van der Waals surface area contributed by atoms with E-state index in [0.717, 1.165) is 10.2 Å². The molecule has 0 heterocycles. The van der Waals surface area contributed by atoms with Crippen LogP contribution in [0, 0.1) is 0 Å². The molecule has 0 atom stereocenters. The molecule has 0 spiro atoms. The van der Waals surface area contributed by atoms with Crippen LogP contribution < -0.4 is 20.9 Å². The van der Waals surface area contributed by atoms with Gasteiger partial charge in [-0.2, -0.15) is 0 Å². The number of nitrogen functional groups attached to an aromatic ring is 1. The fraction of sp³-hybridized carbons (Fsp3) is 0.0769. The Morgan fingerprint density at radius 2 is 1.86 bits per heavy atom. The summed E-state index contributed by atoms with van der Waals surface area (Å²) in [6.45, 7) is 0. The van der Waals surface area contributed by atoms with Gasteiger partial charge in [-0.1, -0.05) is 0 Å². The Morgan fingerprint density at radius 1 is 1.14 bits per heavy atom. The molecule has 6 nitrogen and oxygen atoms in total. The van der Waals surface area contributed by atoms with Crippen molar-refractivity contribution >= 4 is 43.0 Å². The Bertz CT molecular complexity index is 778. The molecule has 0 saturated heterocycles. The van der Waals surface area contributed by atoms with Crippen LogP contribution in [0.15, 0.2) is 45.8 Å². The zero-order valence-corrected chi connectivity index (χ0v) is 13.5. The summed E-state index contributed by atoms with van der Waals surface area (Å²) >= 11 is 3.36. The van der Waals surface area contributed by atoms with Gasteiger partial charge in [0.05, 0.1) is 16.5 Å². The third-order valence-corrected chi connectivity index (χ3v) is 4.25. The summed E-state index contributed by atoms with van der Waals surface area (Å²) in [5.74, 6) is 0.649. The minimum Gasteiger partial charge on any atom is -0.495 e. The molecular formula is C13H14BrN3O3S. The highest BCUT2D eigenvalue weighted by Gasteiger charge is 2.10. The van der Waals surface area contributed by atoms with Crippen LogP contribution in [0.1, 0.15) is 0 Å². The topological polar surface area (TPSA) is 107 Å². The van der Waals surface area contributed by atoms with Gasteiger partial charge in [-0.05, 0) is 46.3 Å². The Morgan fingerprint density at radius 3 is 2.48 bits per heavy atom. The van der Waals surface area contributed by atoms with Crippen LogP contribution in [-0.2, 0) is 10.0 Å². The predicted molar refractivity (Wildman–Crippen MR) is 86.2 cm³/mol. The standard InChI is InChI=1S/C13H14BrN3O3S/c1-20-13-7-9(2-3-12(13)14)17-10-4-8(15)5-11(6-10)21(16,18)19/h2-7,17H,15H2,1H3,(H2,16,18,19). The first-order valence-corrected chi connectivity index (χ1v) is 8.17. The normalized spacial score (nSPS) is 11.2. The molecule has 0 saturated carbocycles. The Kier molecular flexibility index (Phi) is 4.40. The van der Waals surface area contributed by atoms with E-state index in [1.54, 1.807) is 19.2 Å². The van der Waals surface area contributed by atoms with Crippen molar-refractivity contribution in [3.05, 3.63) is 40.9 Å². The molecule has 8 heteroatoms. The van der Waals surface area contributed by atoms with E-state index >= 15 is 0 Å². The largest absolute Gasteiger partial charge is 0.495 e. The van der Waals surface area contributed by atoms with Gasteiger partial charge in [0.25, 0.3) is 0 Å². The summed E-state index contributed by atoms with van der Waals surface area (Å²) in [7, 11) is -2.25. The van der Waals surface area contributed by atoms with E-state index in [9.17, 15) is 8.42 Å². The first kappa shape index (κ1) is 15.6. The third-order valence-electron chi connectivity index (χ3n) is 2.70. The molecule has 0 aliphatic heterocycles. The molecule has 112 valence electrons. The molecule has 2 aromatic rings. The Hall–Kier alpha value is -1.77. The van der Waals surface area contributed by atoms with Crippen molar-refractivity contribution in [2.75, 3.05) is 18.2 Å². The number of halogens is 1. The summed E-state index contributed by atoms with van der Waals surface area (Å²) in [4.78, 5) is -0.0472. The zero-order chi connectivity index (χ0) is 15.6. The number of sulfonamides is 1. The summed E-state index contributed by atoms with van der Waals surface area (Å²) in [5.41, 5.74) is 7.24. The maximum Gasteiger partial charge on any atom is 0.238 e. The zero-order valence-electron chi connectivity index (χ0n) is 11.1. The van der Waals surface area contributed by atoms with Crippen molar-refractivity contribution in [3.8, 4) is 5.75 Å². The maximum absolute atomic E-state index is 11.4. The van der Waals surface area contributed by atoms with Crippen molar-refractivity contribution in [2.45, 2.75) is 4.90 Å². The smallest absolute Gasteiger partial charge is 0.238 e. The van der Waals surface area contributed by atoms with Crippen LogP contribution in [-0.4, -0.2) is 15.5 Å². The maximum atomic E-state index is 11.4. The number of hydrogen-bond acceptors (Lipinski definition) is 5. The molecule has 0 aromatic heterocycles. The molecule has 0 radical (unpaired) electrons. The van der Waals surface area contributed by atoms with Crippen molar-refractivity contribution in [1.29, 1.82) is 0 Å². The SMILES string of the molecule is COc1cc(Nc2cc(N)cc(S(N)(=O)=O)c2)ccc1Br. The van der Waals surface area contributed by atoms with Crippen LogP contribution in [0.3, 0.4) is 0 Å². The highest BCUT2D eigenvalue weighted by molar-refractivity contribution is 9.10. The molecule has 0 aliphatic rings. The van der Waals surface area contributed by atoms with Crippen molar-refractivity contribution < 1.29 is 13.2 Å². The summed E-state index contributed by atoms with van der Waals surface area (Å²) < 4.78 is 28.8. The van der Waals surface area contributed by atoms with E-state index in [0.29, 0.717) is 17.1 Å². The first-order chi connectivity index (χ1) is 9.79. The molecule has 2 aromatic carbocycles. The first-order valence-electron chi connectivity index (χ1n) is 5.83. The predicted octanol–water partition coefficient (Wildman–Crippen LogP) is 2.43. The summed E-state index contributed by atoms with van der Waals surface area (Å²) in [5, 5.41) is 8.17. The third kappa shape index (κ3) is 3.87. The molecule has 5 N–H and O–H groups in total. The number of ether oxygens (including phenoxy) is 1. The molecular weight excluding hydrogens is 358 g/mol. The minimum absolute atomic E-state index is 0.0472. The van der Waals surface area contributed by atoms with E-state index in [2.05, 4.69) is 21.2 Å². The van der Waals surface area contributed by atoms with Crippen LogP contribution >= 0.6 is 15.9 Å². The number of methoxy groups -OCH3 is 1. The highest BCUT2D eigenvalue weighted by atomic mass is 79.9. The Labute approximate surface area is 131 Å². The van der Waals surface area contributed by atoms with Crippen LogP contribution in [0.5, 0.6) is 5.75 Å². The van der Waals surface area contributed by atoms with E-state index in [4.69, 9.17) is 15.6 Å². The van der Waals surface area contributed by atoms with Gasteiger partial charge in [-0.15, -0.1) is 0 Å². The number of benzene rings is 2.